The molecule has 136 valence electrons. The molecule has 4 rings (SSSR count). The van der Waals surface area contributed by atoms with Crippen LogP contribution in [0.4, 0.5) is 5.69 Å². The number of nitrogens with zero attached hydrogens (tertiary/aromatic N) is 2. The van der Waals surface area contributed by atoms with Crippen molar-refractivity contribution in [2.75, 3.05) is 37.6 Å². The van der Waals surface area contributed by atoms with E-state index in [1.165, 1.54) is 11.3 Å². The largest absolute Gasteiger partial charge is 0.387 e. The third-order valence-electron chi connectivity index (χ3n) is 5.54. The number of H-pyrrole nitrogens is 1. The average Bonchev–Trinajstić information content (AvgIpc) is 2.99. The van der Waals surface area contributed by atoms with E-state index in [2.05, 4.69) is 65.0 Å². The van der Waals surface area contributed by atoms with Crippen LogP contribution in [0.1, 0.15) is 22.9 Å². The first kappa shape index (κ1) is 17.1. The molecule has 1 fully saturated rings. The molecule has 1 saturated heterocycles. The fourth-order valence-electron chi connectivity index (χ4n) is 4.15. The van der Waals surface area contributed by atoms with Crippen LogP contribution in [0, 0.1) is 13.8 Å². The molecule has 0 saturated carbocycles. The highest BCUT2D eigenvalue weighted by atomic mass is 16.3. The van der Waals surface area contributed by atoms with Crippen LogP contribution in [-0.2, 0) is 0 Å². The molecule has 1 unspecified atom stereocenters. The standard InChI is InChI=1S/C22H27N3O/c1-16-7-3-6-10-20(16)25-13-11-24(12-14-25)15-21(26)22-17(2)23-19-9-5-4-8-18(19)22/h3-10,21,23,26H,11-15H2,1-2H3. The third-order valence-corrected chi connectivity index (χ3v) is 5.54. The number of piperazine rings is 1. The first-order valence-electron chi connectivity index (χ1n) is 9.41. The van der Waals surface area contributed by atoms with Gasteiger partial charge in [0.2, 0.25) is 0 Å². The van der Waals surface area contributed by atoms with Crippen molar-refractivity contribution >= 4 is 16.6 Å². The SMILES string of the molecule is Cc1ccccc1N1CCN(CC(O)c2c(C)[nH]c3ccccc23)CC1. The Hall–Kier alpha value is -2.30. The predicted octanol–water partition coefficient (Wildman–Crippen LogP) is 3.64. The Bertz CT molecular complexity index is 893. The Morgan fingerprint density at radius 1 is 0.962 bits per heavy atom. The maximum absolute atomic E-state index is 10.9. The van der Waals surface area contributed by atoms with E-state index in [1.807, 2.05) is 12.1 Å². The maximum Gasteiger partial charge on any atom is 0.0940 e. The summed E-state index contributed by atoms with van der Waals surface area (Å²) in [7, 11) is 0. The van der Waals surface area contributed by atoms with Crippen LogP contribution in [0.3, 0.4) is 0 Å². The van der Waals surface area contributed by atoms with Gasteiger partial charge in [-0.05, 0) is 31.5 Å². The minimum Gasteiger partial charge on any atom is -0.387 e. The van der Waals surface area contributed by atoms with E-state index in [9.17, 15) is 5.11 Å². The molecule has 0 bridgehead atoms. The molecular weight excluding hydrogens is 322 g/mol. The highest BCUT2D eigenvalue weighted by Crippen LogP contribution is 2.29. The second-order valence-electron chi connectivity index (χ2n) is 7.30. The zero-order valence-corrected chi connectivity index (χ0v) is 15.6. The number of rotatable bonds is 4. The van der Waals surface area contributed by atoms with Gasteiger partial charge in [0.1, 0.15) is 0 Å². The van der Waals surface area contributed by atoms with Crippen LogP contribution >= 0.6 is 0 Å². The number of aromatic amines is 1. The molecule has 26 heavy (non-hydrogen) atoms. The predicted molar refractivity (Wildman–Crippen MR) is 108 cm³/mol. The van der Waals surface area contributed by atoms with Crippen molar-refractivity contribution in [3.8, 4) is 0 Å². The summed E-state index contributed by atoms with van der Waals surface area (Å²) < 4.78 is 0. The van der Waals surface area contributed by atoms with Crippen molar-refractivity contribution in [2.45, 2.75) is 20.0 Å². The van der Waals surface area contributed by atoms with E-state index in [4.69, 9.17) is 0 Å². The molecule has 0 radical (unpaired) electrons. The van der Waals surface area contributed by atoms with Crippen LogP contribution in [0.25, 0.3) is 10.9 Å². The first-order chi connectivity index (χ1) is 12.6. The second kappa shape index (κ2) is 7.14. The van der Waals surface area contributed by atoms with Crippen molar-refractivity contribution in [1.29, 1.82) is 0 Å². The summed E-state index contributed by atoms with van der Waals surface area (Å²) in [5, 5.41) is 12.0. The van der Waals surface area contributed by atoms with Crippen molar-refractivity contribution in [2.24, 2.45) is 0 Å². The number of β-amino-alcohol motifs (C(OH)–C–C–N with tert-alkyl or cyclic N) is 1. The number of aromatic nitrogens is 1. The van der Waals surface area contributed by atoms with E-state index >= 15 is 0 Å². The molecular formula is C22H27N3O. The molecule has 1 aromatic heterocycles. The van der Waals surface area contributed by atoms with Gasteiger partial charge in [0.25, 0.3) is 0 Å². The lowest BCUT2D eigenvalue weighted by molar-refractivity contribution is 0.110. The molecule has 1 atom stereocenters. The Balaban J connectivity index is 1.43. The zero-order chi connectivity index (χ0) is 18.1. The minimum atomic E-state index is -0.462. The molecule has 3 aromatic rings. The van der Waals surface area contributed by atoms with Crippen LogP contribution in [-0.4, -0.2) is 47.7 Å². The fourth-order valence-corrected chi connectivity index (χ4v) is 4.15. The summed E-state index contributed by atoms with van der Waals surface area (Å²) in [6.07, 6.45) is -0.462. The summed E-state index contributed by atoms with van der Waals surface area (Å²) in [5.74, 6) is 0. The highest BCUT2D eigenvalue weighted by molar-refractivity contribution is 5.84. The van der Waals surface area contributed by atoms with Gasteiger partial charge in [0, 0.05) is 60.6 Å². The lowest BCUT2D eigenvalue weighted by atomic mass is 10.0. The van der Waals surface area contributed by atoms with Gasteiger partial charge < -0.3 is 15.0 Å². The molecule has 0 amide bonds. The second-order valence-corrected chi connectivity index (χ2v) is 7.30. The number of aliphatic hydroxyl groups is 1. The topological polar surface area (TPSA) is 42.5 Å². The van der Waals surface area contributed by atoms with Gasteiger partial charge in [-0.1, -0.05) is 36.4 Å². The van der Waals surface area contributed by atoms with E-state index in [0.29, 0.717) is 6.54 Å². The number of anilines is 1. The Labute approximate surface area is 155 Å². The number of aryl methyl sites for hydroxylation is 2. The maximum atomic E-state index is 10.9. The molecule has 4 nitrogen and oxygen atoms in total. The van der Waals surface area contributed by atoms with Crippen molar-refractivity contribution in [3.63, 3.8) is 0 Å². The molecule has 0 aliphatic carbocycles. The van der Waals surface area contributed by atoms with Crippen LogP contribution < -0.4 is 4.90 Å². The van der Waals surface area contributed by atoms with Crippen molar-refractivity contribution in [1.82, 2.24) is 9.88 Å². The zero-order valence-electron chi connectivity index (χ0n) is 15.6. The number of aliphatic hydroxyl groups excluding tert-OH is 1. The highest BCUT2D eigenvalue weighted by Gasteiger charge is 2.23. The molecule has 2 heterocycles. The number of para-hydroxylation sites is 2. The monoisotopic (exact) mass is 349 g/mol. The molecule has 0 spiro atoms. The van der Waals surface area contributed by atoms with Crippen molar-refractivity contribution < 1.29 is 5.11 Å². The first-order valence-corrected chi connectivity index (χ1v) is 9.41. The molecule has 1 aliphatic heterocycles. The van der Waals surface area contributed by atoms with E-state index in [1.54, 1.807) is 0 Å². The van der Waals surface area contributed by atoms with Gasteiger partial charge in [-0.15, -0.1) is 0 Å². The summed E-state index contributed by atoms with van der Waals surface area (Å²) in [4.78, 5) is 8.22. The summed E-state index contributed by atoms with van der Waals surface area (Å²) in [5.41, 5.74) is 5.87. The smallest absolute Gasteiger partial charge is 0.0940 e. The fraction of sp³-hybridized carbons (Fsp3) is 0.364. The molecule has 1 aliphatic rings. The number of fused-ring (bicyclic) bond motifs is 1. The summed E-state index contributed by atoms with van der Waals surface area (Å²) >= 11 is 0. The number of hydrogen-bond acceptors (Lipinski definition) is 3. The number of benzene rings is 2. The number of nitrogens with one attached hydrogen (secondary N) is 1. The summed E-state index contributed by atoms with van der Waals surface area (Å²) in [6.45, 7) is 8.87. The molecule has 2 aromatic carbocycles. The van der Waals surface area contributed by atoms with E-state index < -0.39 is 6.10 Å². The van der Waals surface area contributed by atoms with Crippen LogP contribution in [0.5, 0.6) is 0 Å². The normalized spacial score (nSPS) is 17.0. The lowest BCUT2D eigenvalue weighted by Crippen LogP contribution is -2.47. The Morgan fingerprint density at radius 3 is 2.42 bits per heavy atom. The van der Waals surface area contributed by atoms with Gasteiger partial charge in [-0.25, -0.2) is 0 Å². The van der Waals surface area contributed by atoms with Gasteiger partial charge in [0.15, 0.2) is 0 Å². The van der Waals surface area contributed by atoms with Gasteiger partial charge in [-0.2, -0.15) is 0 Å². The Kier molecular flexibility index (Phi) is 4.70. The van der Waals surface area contributed by atoms with Crippen LogP contribution in [0.15, 0.2) is 48.5 Å². The number of hydrogen-bond donors (Lipinski definition) is 2. The van der Waals surface area contributed by atoms with Crippen LogP contribution in [0.2, 0.25) is 0 Å². The summed E-state index contributed by atoms with van der Waals surface area (Å²) in [6, 6.07) is 16.8. The van der Waals surface area contributed by atoms with Gasteiger partial charge in [-0.3, -0.25) is 4.90 Å². The Morgan fingerprint density at radius 2 is 1.65 bits per heavy atom. The molecule has 4 heteroatoms. The van der Waals surface area contributed by atoms with Crippen molar-refractivity contribution in [3.05, 3.63) is 65.4 Å². The minimum absolute atomic E-state index is 0.462. The van der Waals surface area contributed by atoms with Gasteiger partial charge >= 0.3 is 0 Å². The molecule has 2 N–H and O–H groups in total. The third kappa shape index (κ3) is 3.22. The lowest BCUT2D eigenvalue weighted by Gasteiger charge is -2.37. The average molecular weight is 349 g/mol. The van der Waals surface area contributed by atoms with E-state index in [0.717, 1.165) is 48.3 Å². The van der Waals surface area contributed by atoms with Gasteiger partial charge in [0.05, 0.1) is 6.10 Å². The quantitative estimate of drug-likeness (QED) is 0.756. The van der Waals surface area contributed by atoms with E-state index in [-0.39, 0.29) is 0 Å².